The summed E-state index contributed by atoms with van der Waals surface area (Å²) in [6, 6.07) is 4.16. The third-order valence-electron chi connectivity index (χ3n) is 2.39. The molecular formula is C11H14BrFN2O3S. The van der Waals surface area contributed by atoms with Crippen molar-refractivity contribution in [3.05, 3.63) is 34.1 Å². The Morgan fingerprint density at radius 2 is 2.05 bits per heavy atom. The first kappa shape index (κ1) is 16.1. The van der Waals surface area contributed by atoms with Crippen molar-refractivity contribution in [2.75, 3.05) is 26.4 Å². The molecule has 1 aromatic rings. The molecule has 8 heteroatoms. The van der Waals surface area contributed by atoms with Crippen molar-refractivity contribution in [3.8, 4) is 0 Å². The van der Waals surface area contributed by atoms with Crippen molar-refractivity contribution in [3.63, 3.8) is 0 Å². The number of hydrogen-bond acceptors (Lipinski definition) is 3. The van der Waals surface area contributed by atoms with Crippen LogP contribution in [0.5, 0.6) is 0 Å². The van der Waals surface area contributed by atoms with Crippen molar-refractivity contribution < 1.29 is 17.6 Å². The molecule has 0 atom stereocenters. The van der Waals surface area contributed by atoms with Crippen LogP contribution >= 0.6 is 15.9 Å². The molecule has 19 heavy (non-hydrogen) atoms. The van der Waals surface area contributed by atoms with E-state index in [2.05, 4.69) is 21.2 Å². The van der Waals surface area contributed by atoms with E-state index in [1.54, 1.807) is 0 Å². The second-order valence-electron chi connectivity index (χ2n) is 3.95. The molecule has 0 radical (unpaired) electrons. The molecule has 0 saturated carbocycles. The van der Waals surface area contributed by atoms with Gasteiger partial charge < -0.3 is 5.32 Å². The molecule has 0 fully saturated rings. The Hall–Kier alpha value is -0.990. The number of hydrogen-bond donors (Lipinski definition) is 1. The molecular weight excluding hydrogens is 339 g/mol. The Bertz CT molecular complexity index is 555. The summed E-state index contributed by atoms with van der Waals surface area (Å²) in [5.41, 5.74) is -0.134. The number of nitrogens with one attached hydrogen (secondary N) is 1. The highest BCUT2D eigenvalue weighted by Crippen LogP contribution is 2.19. The second kappa shape index (κ2) is 6.44. The predicted octanol–water partition coefficient (Wildman–Crippen LogP) is 1.21. The third-order valence-corrected chi connectivity index (χ3v) is 4.89. The number of sulfonamides is 1. The Balaban J connectivity index is 2.68. The number of benzene rings is 1. The molecule has 106 valence electrons. The van der Waals surface area contributed by atoms with Crippen LogP contribution in [0.25, 0.3) is 0 Å². The van der Waals surface area contributed by atoms with Crippen LogP contribution in [0.15, 0.2) is 22.7 Å². The molecule has 0 aliphatic heterocycles. The van der Waals surface area contributed by atoms with Crippen molar-refractivity contribution >= 4 is 31.9 Å². The van der Waals surface area contributed by atoms with Gasteiger partial charge in [-0.2, -0.15) is 0 Å². The SMILES string of the molecule is CN(C)S(=O)(=O)CCNC(=O)c1c(F)cccc1Br. The van der Waals surface area contributed by atoms with Gasteiger partial charge in [0.15, 0.2) is 0 Å². The van der Waals surface area contributed by atoms with E-state index in [0.717, 1.165) is 10.4 Å². The van der Waals surface area contributed by atoms with Gasteiger partial charge in [0.25, 0.3) is 5.91 Å². The number of nitrogens with zero attached hydrogens (tertiary/aromatic N) is 1. The number of carbonyl (C=O) groups is 1. The van der Waals surface area contributed by atoms with Crippen LogP contribution in [-0.2, 0) is 10.0 Å². The second-order valence-corrected chi connectivity index (χ2v) is 7.11. The molecule has 0 aliphatic rings. The molecule has 0 saturated heterocycles. The van der Waals surface area contributed by atoms with Crippen LogP contribution in [-0.4, -0.2) is 45.0 Å². The topological polar surface area (TPSA) is 66.5 Å². The van der Waals surface area contributed by atoms with Crippen LogP contribution in [0.1, 0.15) is 10.4 Å². The van der Waals surface area contributed by atoms with Gasteiger partial charge in [0, 0.05) is 25.1 Å². The van der Waals surface area contributed by atoms with Gasteiger partial charge in [-0.3, -0.25) is 4.79 Å². The molecule has 1 aromatic carbocycles. The van der Waals surface area contributed by atoms with Gasteiger partial charge in [-0.25, -0.2) is 17.1 Å². The minimum Gasteiger partial charge on any atom is -0.351 e. The molecule has 1 amide bonds. The fraction of sp³-hybridized carbons (Fsp3) is 0.364. The Morgan fingerprint density at radius 1 is 1.42 bits per heavy atom. The molecule has 0 aliphatic carbocycles. The van der Waals surface area contributed by atoms with E-state index in [1.165, 1.54) is 26.2 Å². The number of carbonyl (C=O) groups excluding carboxylic acids is 1. The van der Waals surface area contributed by atoms with Gasteiger partial charge in [-0.15, -0.1) is 0 Å². The Kier molecular flexibility index (Phi) is 5.45. The number of halogens is 2. The van der Waals surface area contributed by atoms with E-state index < -0.39 is 21.7 Å². The standard InChI is InChI=1S/C11H14BrFN2O3S/c1-15(2)19(17,18)7-6-14-11(16)10-8(12)4-3-5-9(10)13/h3-5H,6-7H2,1-2H3,(H,14,16). The lowest BCUT2D eigenvalue weighted by atomic mass is 10.2. The lowest BCUT2D eigenvalue weighted by Gasteiger charge is -2.12. The van der Waals surface area contributed by atoms with Gasteiger partial charge in [0.2, 0.25) is 10.0 Å². The fourth-order valence-electron chi connectivity index (χ4n) is 1.28. The van der Waals surface area contributed by atoms with Crippen LogP contribution in [0, 0.1) is 5.82 Å². The highest BCUT2D eigenvalue weighted by atomic mass is 79.9. The van der Waals surface area contributed by atoms with Crippen LogP contribution in [0.2, 0.25) is 0 Å². The fourth-order valence-corrected chi connectivity index (χ4v) is 2.53. The predicted molar refractivity (Wildman–Crippen MR) is 73.9 cm³/mol. The molecule has 0 aromatic heterocycles. The van der Waals surface area contributed by atoms with E-state index in [9.17, 15) is 17.6 Å². The van der Waals surface area contributed by atoms with Crippen LogP contribution in [0.3, 0.4) is 0 Å². The quantitative estimate of drug-likeness (QED) is 0.865. The van der Waals surface area contributed by atoms with E-state index in [4.69, 9.17) is 0 Å². The number of amides is 1. The Morgan fingerprint density at radius 3 is 2.58 bits per heavy atom. The zero-order valence-electron chi connectivity index (χ0n) is 10.5. The first-order valence-electron chi connectivity index (χ1n) is 5.38. The first-order valence-corrected chi connectivity index (χ1v) is 7.78. The molecule has 1 rings (SSSR count). The Labute approximate surface area is 120 Å². The third kappa shape index (κ3) is 4.26. The normalized spacial score (nSPS) is 11.6. The van der Waals surface area contributed by atoms with E-state index in [0.29, 0.717) is 4.47 Å². The lowest BCUT2D eigenvalue weighted by Crippen LogP contribution is -2.34. The summed E-state index contributed by atoms with van der Waals surface area (Å²) in [5.74, 6) is -1.56. The molecule has 5 nitrogen and oxygen atoms in total. The van der Waals surface area contributed by atoms with Crippen molar-refractivity contribution in [2.45, 2.75) is 0 Å². The highest BCUT2D eigenvalue weighted by molar-refractivity contribution is 9.10. The average molecular weight is 353 g/mol. The van der Waals surface area contributed by atoms with Crippen LogP contribution in [0.4, 0.5) is 4.39 Å². The molecule has 1 N–H and O–H groups in total. The van der Waals surface area contributed by atoms with Crippen molar-refractivity contribution in [1.82, 2.24) is 9.62 Å². The smallest absolute Gasteiger partial charge is 0.255 e. The summed E-state index contributed by atoms with van der Waals surface area (Å²) in [6.07, 6.45) is 0. The summed E-state index contributed by atoms with van der Waals surface area (Å²) >= 11 is 3.08. The van der Waals surface area contributed by atoms with Crippen molar-refractivity contribution in [2.24, 2.45) is 0 Å². The zero-order chi connectivity index (χ0) is 14.6. The molecule has 0 heterocycles. The maximum absolute atomic E-state index is 13.5. The zero-order valence-corrected chi connectivity index (χ0v) is 12.9. The summed E-state index contributed by atoms with van der Waals surface area (Å²) in [5, 5.41) is 2.38. The van der Waals surface area contributed by atoms with Gasteiger partial charge in [-0.1, -0.05) is 6.07 Å². The summed E-state index contributed by atoms with van der Waals surface area (Å²) in [7, 11) is -0.568. The molecule has 0 unspecified atom stereocenters. The van der Waals surface area contributed by atoms with E-state index in [-0.39, 0.29) is 17.9 Å². The largest absolute Gasteiger partial charge is 0.351 e. The lowest BCUT2D eigenvalue weighted by molar-refractivity contribution is 0.0951. The maximum Gasteiger partial charge on any atom is 0.255 e. The van der Waals surface area contributed by atoms with E-state index in [1.807, 2.05) is 0 Å². The monoisotopic (exact) mass is 352 g/mol. The van der Waals surface area contributed by atoms with Crippen molar-refractivity contribution in [1.29, 1.82) is 0 Å². The van der Waals surface area contributed by atoms with E-state index >= 15 is 0 Å². The molecule has 0 spiro atoms. The maximum atomic E-state index is 13.5. The summed E-state index contributed by atoms with van der Waals surface area (Å²) < 4.78 is 37.8. The number of rotatable bonds is 5. The van der Waals surface area contributed by atoms with Crippen LogP contribution < -0.4 is 5.32 Å². The first-order chi connectivity index (χ1) is 8.75. The minimum absolute atomic E-state index is 0.0832. The summed E-state index contributed by atoms with van der Waals surface area (Å²) in [6.45, 7) is -0.0832. The highest BCUT2D eigenvalue weighted by Gasteiger charge is 2.17. The average Bonchev–Trinajstić information content (AvgIpc) is 2.28. The summed E-state index contributed by atoms with van der Waals surface area (Å²) in [4.78, 5) is 11.8. The van der Waals surface area contributed by atoms with Gasteiger partial charge in [-0.05, 0) is 28.1 Å². The van der Waals surface area contributed by atoms with Gasteiger partial charge in [0.05, 0.1) is 11.3 Å². The van der Waals surface area contributed by atoms with Gasteiger partial charge >= 0.3 is 0 Å². The molecule has 0 bridgehead atoms. The minimum atomic E-state index is -3.38. The van der Waals surface area contributed by atoms with Gasteiger partial charge in [0.1, 0.15) is 5.82 Å².